The van der Waals surface area contributed by atoms with Crippen molar-refractivity contribution in [1.82, 2.24) is 0 Å². The molecule has 0 rings (SSSR count). The second kappa shape index (κ2) is 17.7. The van der Waals surface area contributed by atoms with Gasteiger partial charge in [-0.25, -0.2) is 0 Å². The lowest BCUT2D eigenvalue weighted by Gasteiger charge is -2.22. The van der Waals surface area contributed by atoms with Crippen LogP contribution in [-0.2, 0) is 0 Å². The average Bonchev–Trinajstić information content (AvgIpc) is 2.60. The van der Waals surface area contributed by atoms with Crippen LogP contribution >= 0.6 is 0 Å². The van der Waals surface area contributed by atoms with Gasteiger partial charge in [-0.15, -0.1) is 0 Å². The zero-order chi connectivity index (χ0) is 18.0. The summed E-state index contributed by atoms with van der Waals surface area (Å²) in [6, 6.07) is -0.744. The molecule has 0 radical (unpaired) electrons. The van der Waals surface area contributed by atoms with Crippen molar-refractivity contribution in [2.45, 2.75) is 121 Å². The lowest BCUT2D eigenvalue weighted by molar-refractivity contribution is -0.0121. The molecule has 5 N–H and O–H groups in total. The van der Waals surface area contributed by atoms with Crippen molar-refractivity contribution in [3.8, 4) is 0 Å². The molecule has 4 nitrogen and oxygen atoms in total. The first-order valence-corrected chi connectivity index (χ1v) is 10.4. The van der Waals surface area contributed by atoms with Crippen molar-refractivity contribution >= 4 is 0 Å². The highest BCUT2D eigenvalue weighted by Crippen LogP contribution is 2.14. The molecular formula is C20H43NO3. The van der Waals surface area contributed by atoms with E-state index in [1.165, 1.54) is 77.0 Å². The van der Waals surface area contributed by atoms with E-state index in [-0.39, 0.29) is 6.61 Å². The molecule has 4 heteroatoms. The second-order valence-electron chi connectivity index (χ2n) is 7.29. The third kappa shape index (κ3) is 14.2. The Hall–Kier alpha value is -0.160. The van der Waals surface area contributed by atoms with Gasteiger partial charge >= 0.3 is 0 Å². The summed E-state index contributed by atoms with van der Waals surface area (Å²) in [5.74, 6) is 0. The summed E-state index contributed by atoms with van der Waals surface area (Å²) in [5, 5.41) is 28.3. The molecule has 0 aliphatic carbocycles. The lowest BCUT2D eigenvalue weighted by atomic mass is 10.00. The Morgan fingerprint density at radius 2 is 1.04 bits per heavy atom. The number of unbranched alkanes of at least 4 members (excludes halogenated alkanes) is 13. The molecule has 0 aliphatic rings. The smallest absolute Gasteiger partial charge is 0.0971 e. The molecule has 0 aliphatic heterocycles. The first-order chi connectivity index (χ1) is 11.6. The zero-order valence-electron chi connectivity index (χ0n) is 16.0. The van der Waals surface area contributed by atoms with Gasteiger partial charge in [0.2, 0.25) is 0 Å². The molecule has 0 heterocycles. The van der Waals surface area contributed by atoms with Crippen LogP contribution in [0.1, 0.15) is 103 Å². The minimum atomic E-state index is -1.02. The molecule has 0 amide bonds. The van der Waals surface area contributed by atoms with Crippen LogP contribution in [0, 0.1) is 0 Å². The summed E-state index contributed by atoms with van der Waals surface area (Å²) in [7, 11) is 0. The van der Waals surface area contributed by atoms with Gasteiger partial charge in [0.15, 0.2) is 0 Å². The molecule has 0 saturated carbocycles. The fourth-order valence-corrected chi connectivity index (χ4v) is 3.11. The molecular weight excluding hydrogens is 302 g/mol. The van der Waals surface area contributed by atoms with E-state index in [0.717, 1.165) is 12.8 Å². The molecule has 3 atom stereocenters. The van der Waals surface area contributed by atoms with E-state index in [1.54, 1.807) is 0 Å². The second-order valence-corrected chi connectivity index (χ2v) is 7.29. The number of rotatable bonds is 18. The molecule has 0 aromatic carbocycles. The fraction of sp³-hybridized carbons (Fsp3) is 1.00. The number of nitrogens with two attached hydrogens (primary N) is 1. The van der Waals surface area contributed by atoms with Crippen LogP contribution in [0.4, 0.5) is 0 Å². The molecule has 0 aromatic heterocycles. The largest absolute Gasteiger partial charge is 0.395 e. The summed E-state index contributed by atoms with van der Waals surface area (Å²) in [6.07, 6.45) is 17.0. The Morgan fingerprint density at radius 1 is 0.667 bits per heavy atom. The highest BCUT2D eigenvalue weighted by atomic mass is 16.3. The van der Waals surface area contributed by atoms with Gasteiger partial charge in [0.1, 0.15) is 0 Å². The van der Waals surface area contributed by atoms with Gasteiger partial charge in [-0.2, -0.15) is 0 Å². The molecule has 0 bridgehead atoms. The topological polar surface area (TPSA) is 86.7 Å². The highest BCUT2D eigenvalue weighted by molar-refractivity contribution is 4.77. The predicted octanol–water partition coefficient (Wildman–Crippen LogP) is 3.90. The van der Waals surface area contributed by atoms with Crippen LogP contribution in [0.3, 0.4) is 0 Å². The SMILES string of the molecule is CCCCCCCCCCCCCCCCC(O)[C@@H](O)[C@@H](N)CO. The van der Waals surface area contributed by atoms with E-state index in [1.807, 2.05) is 0 Å². The van der Waals surface area contributed by atoms with E-state index >= 15 is 0 Å². The van der Waals surface area contributed by atoms with Crippen molar-refractivity contribution in [1.29, 1.82) is 0 Å². The van der Waals surface area contributed by atoms with Gasteiger partial charge < -0.3 is 21.1 Å². The predicted molar refractivity (Wildman–Crippen MR) is 102 cm³/mol. The van der Waals surface area contributed by atoms with Gasteiger partial charge in [-0.05, 0) is 6.42 Å². The Morgan fingerprint density at radius 3 is 1.42 bits per heavy atom. The number of hydrogen-bond donors (Lipinski definition) is 4. The van der Waals surface area contributed by atoms with Gasteiger partial charge in [0, 0.05) is 0 Å². The third-order valence-electron chi connectivity index (χ3n) is 4.90. The normalized spacial score (nSPS) is 15.4. The van der Waals surface area contributed by atoms with E-state index in [0.29, 0.717) is 6.42 Å². The maximum absolute atomic E-state index is 9.77. The number of aliphatic hydroxyl groups excluding tert-OH is 3. The van der Waals surface area contributed by atoms with Crippen LogP contribution in [0.5, 0.6) is 0 Å². The molecule has 0 aromatic rings. The van der Waals surface area contributed by atoms with Crippen molar-refractivity contribution < 1.29 is 15.3 Å². The van der Waals surface area contributed by atoms with E-state index in [4.69, 9.17) is 10.8 Å². The standard InChI is InChI=1S/C20H43NO3/c1-2-3-4-5-6-7-8-9-10-11-12-13-14-15-16-19(23)20(24)18(21)17-22/h18-20,22-24H,2-17,21H2,1H3/t18-,19?,20-/m0/s1. The molecule has 24 heavy (non-hydrogen) atoms. The van der Waals surface area contributed by atoms with Gasteiger partial charge in [0.05, 0.1) is 24.9 Å². The summed E-state index contributed by atoms with van der Waals surface area (Å²) in [4.78, 5) is 0. The number of hydrogen-bond acceptors (Lipinski definition) is 4. The van der Waals surface area contributed by atoms with Gasteiger partial charge in [0.25, 0.3) is 0 Å². The van der Waals surface area contributed by atoms with Crippen LogP contribution in [0.15, 0.2) is 0 Å². The first kappa shape index (κ1) is 23.8. The first-order valence-electron chi connectivity index (χ1n) is 10.4. The van der Waals surface area contributed by atoms with Crippen LogP contribution in [0.25, 0.3) is 0 Å². The van der Waals surface area contributed by atoms with Crippen LogP contribution < -0.4 is 5.73 Å². The Balaban J connectivity index is 3.23. The summed E-state index contributed by atoms with van der Waals surface area (Å²) in [6.45, 7) is 1.97. The molecule has 146 valence electrons. The summed E-state index contributed by atoms with van der Waals surface area (Å²) >= 11 is 0. The summed E-state index contributed by atoms with van der Waals surface area (Å²) < 4.78 is 0. The monoisotopic (exact) mass is 345 g/mol. The molecule has 1 unspecified atom stereocenters. The fourth-order valence-electron chi connectivity index (χ4n) is 3.11. The Kier molecular flexibility index (Phi) is 17.5. The average molecular weight is 346 g/mol. The van der Waals surface area contributed by atoms with Crippen molar-refractivity contribution in [3.05, 3.63) is 0 Å². The zero-order valence-corrected chi connectivity index (χ0v) is 16.0. The molecule has 0 spiro atoms. The highest BCUT2D eigenvalue weighted by Gasteiger charge is 2.22. The number of aliphatic hydroxyl groups is 3. The maximum atomic E-state index is 9.77. The molecule has 0 fully saturated rings. The van der Waals surface area contributed by atoms with E-state index in [9.17, 15) is 10.2 Å². The Labute approximate surface area is 149 Å². The van der Waals surface area contributed by atoms with Gasteiger partial charge in [-0.3, -0.25) is 0 Å². The quantitative estimate of drug-likeness (QED) is 0.284. The third-order valence-corrected chi connectivity index (χ3v) is 4.90. The summed E-state index contributed by atoms with van der Waals surface area (Å²) in [5.41, 5.74) is 5.51. The van der Waals surface area contributed by atoms with Crippen molar-refractivity contribution in [2.75, 3.05) is 6.61 Å². The van der Waals surface area contributed by atoms with E-state index in [2.05, 4.69) is 6.92 Å². The van der Waals surface area contributed by atoms with E-state index < -0.39 is 18.2 Å². The van der Waals surface area contributed by atoms with Crippen molar-refractivity contribution in [3.63, 3.8) is 0 Å². The van der Waals surface area contributed by atoms with Crippen LogP contribution in [0.2, 0.25) is 0 Å². The maximum Gasteiger partial charge on any atom is 0.0971 e. The molecule has 0 saturated heterocycles. The lowest BCUT2D eigenvalue weighted by Crippen LogP contribution is -2.45. The van der Waals surface area contributed by atoms with Crippen molar-refractivity contribution in [2.24, 2.45) is 5.73 Å². The van der Waals surface area contributed by atoms with Gasteiger partial charge in [-0.1, -0.05) is 96.8 Å². The minimum Gasteiger partial charge on any atom is -0.395 e. The Bertz CT molecular complexity index is 251. The van der Waals surface area contributed by atoms with Crippen LogP contribution in [-0.4, -0.2) is 40.2 Å². The minimum absolute atomic E-state index is 0.295.